The predicted octanol–water partition coefficient (Wildman–Crippen LogP) is 3.14. The van der Waals surface area contributed by atoms with Gasteiger partial charge in [0.2, 0.25) is 4.87 Å². The van der Waals surface area contributed by atoms with Gasteiger partial charge in [0.25, 0.3) is 5.91 Å². The van der Waals surface area contributed by atoms with Crippen LogP contribution in [0, 0.1) is 0 Å². The molecule has 0 fully saturated rings. The minimum Gasteiger partial charge on any atom is -0.322 e. The number of hydrazone groups is 1. The minimum absolute atomic E-state index is 0.148. The van der Waals surface area contributed by atoms with E-state index in [0.29, 0.717) is 5.02 Å². The molecule has 104 valence electrons. The van der Waals surface area contributed by atoms with E-state index in [1.807, 2.05) is 42.5 Å². The smallest absolute Gasteiger partial charge is 0.267 e. The quantitative estimate of drug-likeness (QED) is 0.850. The van der Waals surface area contributed by atoms with Gasteiger partial charge >= 0.3 is 0 Å². The maximum absolute atomic E-state index is 12.5. The second-order valence-electron chi connectivity index (χ2n) is 4.79. The van der Waals surface area contributed by atoms with E-state index < -0.39 is 4.87 Å². The number of hydrogen-bond acceptors (Lipinski definition) is 4. The molecule has 0 radical (unpaired) electrons. The molecule has 2 aliphatic heterocycles. The molecule has 4 rings (SSSR count). The van der Waals surface area contributed by atoms with Gasteiger partial charge in [0.05, 0.1) is 0 Å². The molecule has 4 nitrogen and oxygen atoms in total. The number of carbonyl (C=O) groups excluding carboxylic acids is 1. The van der Waals surface area contributed by atoms with Gasteiger partial charge in [-0.05, 0) is 12.1 Å². The van der Waals surface area contributed by atoms with E-state index in [-0.39, 0.29) is 5.91 Å². The highest BCUT2D eigenvalue weighted by Crippen LogP contribution is 2.50. The average molecular weight is 316 g/mol. The molecule has 2 N–H and O–H groups in total. The fourth-order valence-electron chi connectivity index (χ4n) is 2.54. The van der Waals surface area contributed by atoms with E-state index in [0.717, 1.165) is 21.9 Å². The van der Waals surface area contributed by atoms with Crippen molar-refractivity contribution < 1.29 is 4.79 Å². The highest BCUT2D eigenvalue weighted by molar-refractivity contribution is 8.16. The lowest BCUT2D eigenvalue weighted by Gasteiger charge is -2.20. The normalized spacial score (nSPS) is 22.7. The van der Waals surface area contributed by atoms with Crippen molar-refractivity contribution >= 4 is 40.0 Å². The summed E-state index contributed by atoms with van der Waals surface area (Å²) in [4.78, 5) is 11.5. The Hall–Kier alpha value is -1.98. The van der Waals surface area contributed by atoms with Crippen molar-refractivity contribution in [2.45, 2.75) is 4.87 Å². The number of nitrogens with one attached hydrogen (secondary N) is 2. The molecule has 2 aromatic rings. The lowest BCUT2D eigenvalue weighted by Crippen LogP contribution is -2.40. The largest absolute Gasteiger partial charge is 0.322 e. The van der Waals surface area contributed by atoms with Crippen LogP contribution in [0.4, 0.5) is 5.69 Å². The lowest BCUT2D eigenvalue weighted by atomic mass is 10.1. The van der Waals surface area contributed by atoms with Gasteiger partial charge in [-0.2, -0.15) is 5.10 Å². The van der Waals surface area contributed by atoms with Crippen LogP contribution in [0.25, 0.3) is 0 Å². The number of rotatable bonds is 1. The van der Waals surface area contributed by atoms with Crippen molar-refractivity contribution in [3.63, 3.8) is 0 Å². The van der Waals surface area contributed by atoms with Crippen LogP contribution in [0.1, 0.15) is 11.1 Å². The van der Waals surface area contributed by atoms with Crippen molar-refractivity contribution in [3.8, 4) is 0 Å². The van der Waals surface area contributed by atoms with Crippen molar-refractivity contribution in [2.75, 3.05) is 5.32 Å². The number of amides is 1. The molecule has 2 aromatic carbocycles. The molecule has 2 heterocycles. The van der Waals surface area contributed by atoms with Gasteiger partial charge < -0.3 is 5.32 Å². The predicted molar refractivity (Wildman–Crippen MR) is 85.5 cm³/mol. The maximum Gasteiger partial charge on any atom is 0.267 e. The fourth-order valence-corrected chi connectivity index (χ4v) is 4.10. The first-order chi connectivity index (χ1) is 10.2. The van der Waals surface area contributed by atoms with Crippen molar-refractivity contribution in [1.29, 1.82) is 0 Å². The van der Waals surface area contributed by atoms with Crippen LogP contribution in [0.15, 0.2) is 53.6 Å². The third kappa shape index (κ3) is 1.78. The van der Waals surface area contributed by atoms with E-state index >= 15 is 0 Å². The van der Waals surface area contributed by atoms with Crippen LogP contribution >= 0.6 is 23.4 Å². The summed E-state index contributed by atoms with van der Waals surface area (Å²) in [6.45, 7) is 0. The van der Waals surface area contributed by atoms with Gasteiger partial charge in [-0.25, -0.2) is 0 Å². The minimum atomic E-state index is -0.973. The summed E-state index contributed by atoms with van der Waals surface area (Å²) in [5, 5.41) is 8.53. The van der Waals surface area contributed by atoms with Crippen molar-refractivity contribution in [1.82, 2.24) is 5.43 Å². The summed E-state index contributed by atoms with van der Waals surface area (Å²) in [6, 6.07) is 15.2. The van der Waals surface area contributed by atoms with Gasteiger partial charge in [0, 0.05) is 21.8 Å². The van der Waals surface area contributed by atoms with Gasteiger partial charge in [-0.3, -0.25) is 10.2 Å². The monoisotopic (exact) mass is 315 g/mol. The summed E-state index contributed by atoms with van der Waals surface area (Å²) < 4.78 is 0. The Morgan fingerprint density at radius 3 is 2.71 bits per heavy atom. The molecule has 1 spiro atoms. The summed E-state index contributed by atoms with van der Waals surface area (Å²) >= 11 is 7.68. The Kier molecular flexibility index (Phi) is 2.74. The molecule has 0 bridgehead atoms. The van der Waals surface area contributed by atoms with E-state index in [4.69, 9.17) is 11.6 Å². The molecular weight excluding hydrogens is 306 g/mol. The zero-order chi connectivity index (χ0) is 14.4. The van der Waals surface area contributed by atoms with Gasteiger partial charge in [0.1, 0.15) is 5.04 Å². The average Bonchev–Trinajstić information content (AvgIpc) is 3.05. The molecular formula is C15H10ClN3OS. The SMILES string of the molecule is O=C1Nc2cccc(Cl)c2C12NN=C(c1ccccc1)S2. The summed E-state index contributed by atoms with van der Waals surface area (Å²) in [7, 11) is 0. The van der Waals surface area contributed by atoms with E-state index in [1.54, 1.807) is 6.07 Å². The Labute approximate surface area is 130 Å². The highest BCUT2D eigenvalue weighted by atomic mass is 35.5. The summed E-state index contributed by atoms with van der Waals surface area (Å²) in [5.74, 6) is -0.148. The van der Waals surface area contributed by atoms with Gasteiger partial charge in [-0.1, -0.05) is 59.8 Å². The third-order valence-electron chi connectivity index (χ3n) is 3.52. The number of hydrogen-bond donors (Lipinski definition) is 2. The zero-order valence-corrected chi connectivity index (χ0v) is 12.3. The molecule has 1 amide bonds. The van der Waals surface area contributed by atoms with Crippen LogP contribution in [-0.4, -0.2) is 11.0 Å². The number of anilines is 1. The number of nitrogens with zero attached hydrogens (tertiary/aromatic N) is 1. The molecule has 0 saturated heterocycles. The maximum atomic E-state index is 12.5. The molecule has 0 aromatic heterocycles. The Morgan fingerprint density at radius 2 is 1.90 bits per heavy atom. The van der Waals surface area contributed by atoms with Crippen LogP contribution in [0.2, 0.25) is 5.02 Å². The standard InChI is InChI=1S/C15H10ClN3OS/c16-10-7-4-8-11-12(10)15(14(20)17-11)19-18-13(21-15)9-5-2-1-3-6-9/h1-8,19H,(H,17,20). The Morgan fingerprint density at radius 1 is 1.10 bits per heavy atom. The third-order valence-corrected chi connectivity index (χ3v) is 5.14. The molecule has 0 saturated carbocycles. The highest BCUT2D eigenvalue weighted by Gasteiger charge is 2.53. The number of carbonyl (C=O) groups is 1. The molecule has 6 heteroatoms. The van der Waals surface area contributed by atoms with E-state index in [2.05, 4.69) is 15.8 Å². The first-order valence-corrected chi connectivity index (χ1v) is 7.60. The molecule has 1 unspecified atom stereocenters. The molecule has 1 atom stereocenters. The molecule has 0 aliphatic carbocycles. The van der Waals surface area contributed by atoms with E-state index in [1.165, 1.54) is 11.8 Å². The zero-order valence-electron chi connectivity index (χ0n) is 10.8. The van der Waals surface area contributed by atoms with Gasteiger partial charge in [-0.15, -0.1) is 0 Å². The number of thioether (sulfide) groups is 1. The second-order valence-corrected chi connectivity index (χ2v) is 6.40. The Bertz CT molecular complexity index is 778. The van der Waals surface area contributed by atoms with Crippen LogP contribution < -0.4 is 10.7 Å². The number of benzene rings is 2. The van der Waals surface area contributed by atoms with Crippen LogP contribution in [0.5, 0.6) is 0 Å². The molecule has 21 heavy (non-hydrogen) atoms. The van der Waals surface area contributed by atoms with Crippen LogP contribution in [-0.2, 0) is 9.67 Å². The fraction of sp³-hybridized carbons (Fsp3) is 0.0667. The second kappa shape index (κ2) is 4.51. The lowest BCUT2D eigenvalue weighted by molar-refractivity contribution is -0.118. The van der Waals surface area contributed by atoms with E-state index in [9.17, 15) is 4.79 Å². The number of halogens is 1. The first kappa shape index (κ1) is 12.7. The van der Waals surface area contributed by atoms with Gasteiger partial charge in [0.15, 0.2) is 0 Å². The Balaban J connectivity index is 1.78. The van der Waals surface area contributed by atoms with Crippen molar-refractivity contribution in [3.05, 3.63) is 64.7 Å². The van der Waals surface area contributed by atoms with Crippen LogP contribution in [0.3, 0.4) is 0 Å². The summed E-state index contributed by atoms with van der Waals surface area (Å²) in [5.41, 5.74) is 5.43. The topological polar surface area (TPSA) is 53.5 Å². The molecule has 2 aliphatic rings. The van der Waals surface area contributed by atoms with Crippen molar-refractivity contribution in [2.24, 2.45) is 5.10 Å². The summed E-state index contributed by atoms with van der Waals surface area (Å²) in [6.07, 6.45) is 0. The first-order valence-electron chi connectivity index (χ1n) is 6.40. The number of fused-ring (bicyclic) bond motifs is 2.